The van der Waals surface area contributed by atoms with Gasteiger partial charge in [0.1, 0.15) is 0 Å². The zero-order chi connectivity index (χ0) is 19.0. The Kier molecular flexibility index (Phi) is 6.71. The Morgan fingerprint density at radius 3 is 2.46 bits per heavy atom. The fraction of sp³-hybridized carbons (Fsp3) is 0.476. The summed E-state index contributed by atoms with van der Waals surface area (Å²) in [7, 11) is 0. The van der Waals surface area contributed by atoms with E-state index in [1.165, 1.54) is 0 Å². The number of aryl methyl sites for hydroxylation is 1. The van der Waals surface area contributed by atoms with Gasteiger partial charge in [-0.05, 0) is 50.6 Å². The summed E-state index contributed by atoms with van der Waals surface area (Å²) in [6.07, 6.45) is 1.07. The van der Waals surface area contributed by atoms with E-state index >= 15 is 0 Å². The maximum atomic E-state index is 13.2. The molecule has 0 bridgehead atoms. The molecule has 1 aromatic carbocycles. The SMILES string of the molecule is Cc1cc(C(=O)N2CCC(N3CCNCC3)C2)c(C)n1-c1ccc(Cl)cc1.Cl. The molecular weight excluding hydrogens is 395 g/mol. The lowest BCUT2D eigenvalue weighted by atomic mass is 10.2. The van der Waals surface area contributed by atoms with Crippen LogP contribution in [0, 0.1) is 13.8 Å². The third-order valence-corrected chi connectivity index (χ3v) is 6.12. The first-order valence-electron chi connectivity index (χ1n) is 9.73. The van der Waals surface area contributed by atoms with Gasteiger partial charge in [-0.25, -0.2) is 0 Å². The van der Waals surface area contributed by atoms with Gasteiger partial charge in [0.25, 0.3) is 5.91 Å². The molecule has 7 heteroatoms. The van der Waals surface area contributed by atoms with Gasteiger partial charge in [0.2, 0.25) is 0 Å². The number of rotatable bonds is 3. The Hall–Kier alpha value is -1.53. The third-order valence-electron chi connectivity index (χ3n) is 5.86. The van der Waals surface area contributed by atoms with E-state index in [1.54, 1.807) is 0 Å². The van der Waals surface area contributed by atoms with Gasteiger partial charge in [0, 0.05) is 67.4 Å². The molecule has 0 spiro atoms. The van der Waals surface area contributed by atoms with Crippen molar-refractivity contribution in [1.82, 2.24) is 19.7 Å². The zero-order valence-corrected chi connectivity index (χ0v) is 18.0. The average Bonchev–Trinajstić information content (AvgIpc) is 3.28. The maximum absolute atomic E-state index is 13.2. The first kappa shape index (κ1) is 21.2. The van der Waals surface area contributed by atoms with Crippen molar-refractivity contribution in [2.75, 3.05) is 39.3 Å². The highest BCUT2D eigenvalue weighted by molar-refractivity contribution is 6.30. The van der Waals surface area contributed by atoms with Crippen LogP contribution in [0.2, 0.25) is 5.02 Å². The number of hydrogen-bond donors (Lipinski definition) is 1. The van der Waals surface area contributed by atoms with Crippen molar-refractivity contribution >= 4 is 29.9 Å². The van der Waals surface area contributed by atoms with Crippen LogP contribution in [-0.4, -0.2) is 65.6 Å². The predicted octanol–water partition coefficient (Wildman–Crippen LogP) is 3.29. The normalized spacial score (nSPS) is 20.2. The van der Waals surface area contributed by atoms with Crippen molar-refractivity contribution in [2.24, 2.45) is 0 Å². The molecule has 2 aliphatic heterocycles. The number of nitrogens with one attached hydrogen (secondary N) is 1. The second-order valence-corrected chi connectivity index (χ2v) is 8.01. The molecule has 0 saturated carbocycles. The molecule has 5 nitrogen and oxygen atoms in total. The molecule has 2 aromatic rings. The van der Waals surface area contributed by atoms with Crippen molar-refractivity contribution in [3.8, 4) is 5.69 Å². The highest BCUT2D eigenvalue weighted by Gasteiger charge is 2.32. The van der Waals surface area contributed by atoms with E-state index < -0.39 is 0 Å². The van der Waals surface area contributed by atoms with Crippen LogP contribution in [0.3, 0.4) is 0 Å². The molecule has 1 aromatic heterocycles. The van der Waals surface area contributed by atoms with Gasteiger partial charge in [-0.1, -0.05) is 11.6 Å². The number of piperazine rings is 1. The summed E-state index contributed by atoms with van der Waals surface area (Å²) >= 11 is 6.02. The number of likely N-dealkylation sites (tertiary alicyclic amines) is 1. The summed E-state index contributed by atoms with van der Waals surface area (Å²) in [5, 5.41) is 4.12. The molecule has 28 heavy (non-hydrogen) atoms. The molecule has 1 amide bonds. The van der Waals surface area contributed by atoms with Crippen molar-refractivity contribution in [1.29, 1.82) is 0 Å². The molecule has 0 aliphatic carbocycles. The van der Waals surface area contributed by atoms with Crippen LogP contribution in [-0.2, 0) is 0 Å². The summed E-state index contributed by atoms with van der Waals surface area (Å²) in [6, 6.07) is 10.3. The van der Waals surface area contributed by atoms with Crippen molar-refractivity contribution in [2.45, 2.75) is 26.3 Å². The van der Waals surface area contributed by atoms with Crippen LogP contribution in [0.1, 0.15) is 28.2 Å². The molecule has 2 saturated heterocycles. The smallest absolute Gasteiger partial charge is 0.255 e. The molecule has 152 valence electrons. The van der Waals surface area contributed by atoms with Crippen LogP contribution in [0.4, 0.5) is 0 Å². The number of carbonyl (C=O) groups excluding carboxylic acids is 1. The molecule has 1 unspecified atom stereocenters. The van der Waals surface area contributed by atoms with E-state index in [2.05, 4.69) is 14.8 Å². The minimum Gasteiger partial charge on any atom is -0.337 e. The third kappa shape index (κ3) is 4.08. The maximum Gasteiger partial charge on any atom is 0.255 e. The number of aromatic nitrogens is 1. The largest absolute Gasteiger partial charge is 0.337 e. The Morgan fingerprint density at radius 1 is 1.11 bits per heavy atom. The summed E-state index contributed by atoms with van der Waals surface area (Å²) in [5.74, 6) is 0.154. The van der Waals surface area contributed by atoms with E-state index in [9.17, 15) is 4.79 Å². The fourth-order valence-corrected chi connectivity index (χ4v) is 4.53. The Bertz CT molecular complexity index is 828. The van der Waals surface area contributed by atoms with Crippen LogP contribution >= 0.6 is 24.0 Å². The monoisotopic (exact) mass is 422 g/mol. The second kappa shape index (κ2) is 8.87. The quantitative estimate of drug-likeness (QED) is 0.824. The van der Waals surface area contributed by atoms with Gasteiger partial charge in [0.05, 0.1) is 5.56 Å². The van der Waals surface area contributed by atoms with Crippen molar-refractivity contribution in [3.05, 3.63) is 52.3 Å². The lowest BCUT2D eigenvalue weighted by molar-refractivity contribution is 0.0773. The van der Waals surface area contributed by atoms with Crippen LogP contribution in [0.15, 0.2) is 30.3 Å². The summed E-state index contributed by atoms with van der Waals surface area (Å²) in [5.41, 5.74) is 3.90. The molecule has 1 atom stereocenters. The molecule has 2 aliphatic rings. The van der Waals surface area contributed by atoms with E-state index in [-0.39, 0.29) is 18.3 Å². The van der Waals surface area contributed by atoms with E-state index in [4.69, 9.17) is 11.6 Å². The van der Waals surface area contributed by atoms with Crippen molar-refractivity contribution < 1.29 is 4.79 Å². The van der Waals surface area contributed by atoms with Crippen LogP contribution in [0.5, 0.6) is 0 Å². The number of benzene rings is 1. The molecular formula is C21H28Cl2N4O. The second-order valence-electron chi connectivity index (χ2n) is 7.58. The number of carbonyl (C=O) groups is 1. The fourth-order valence-electron chi connectivity index (χ4n) is 4.41. The van der Waals surface area contributed by atoms with E-state index in [0.29, 0.717) is 11.1 Å². The molecule has 2 fully saturated rings. The van der Waals surface area contributed by atoms with Gasteiger partial charge in [-0.15, -0.1) is 12.4 Å². The van der Waals surface area contributed by atoms with Gasteiger partial charge in [-0.2, -0.15) is 0 Å². The molecule has 3 heterocycles. The Balaban J connectivity index is 0.00000225. The molecule has 4 rings (SSSR count). The van der Waals surface area contributed by atoms with Gasteiger partial charge < -0.3 is 14.8 Å². The van der Waals surface area contributed by atoms with Crippen LogP contribution < -0.4 is 5.32 Å². The van der Waals surface area contributed by atoms with Gasteiger partial charge >= 0.3 is 0 Å². The van der Waals surface area contributed by atoms with Crippen molar-refractivity contribution in [3.63, 3.8) is 0 Å². The lowest BCUT2D eigenvalue weighted by Crippen LogP contribution is -2.49. The highest BCUT2D eigenvalue weighted by atomic mass is 35.5. The first-order valence-corrected chi connectivity index (χ1v) is 10.1. The minimum absolute atomic E-state index is 0. The zero-order valence-electron chi connectivity index (χ0n) is 16.4. The van der Waals surface area contributed by atoms with Crippen LogP contribution in [0.25, 0.3) is 5.69 Å². The minimum atomic E-state index is 0. The highest BCUT2D eigenvalue weighted by Crippen LogP contribution is 2.25. The first-order chi connectivity index (χ1) is 13.0. The standard InChI is InChI=1S/C21H27ClN4O.ClH/c1-15-13-20(16(2)26(15)18-5-3-17(22)4-6-18)21(27)25-10-7-19(14-25)24-11-8-23-9-12-24;/h3-6,13,19,23H,7-12,14H2,1-2H3;1H. The average molecular weight is 423 g/mol. The summed E-state index contributed by atoms with van der Waals surface area (Å²) in [6.45, 7) is 10.0. The Labute approximate surface area is 178 Å². The predicted molar refractivity (Wildman–Crippen MR) is 116 cm³/mol. The molecule has 1 N–H and O–H groups in total. The number of amides is 1. The summed E-state index contributed by atoms with van der Waals surface area (Å²) < 4.78 is 2.13. The number of halogens is 2. The van der Waals surface area contributed by atoms with E-state index in [0.717, 1.165) is 68.3 Å². The topological polar surface area (TPSA) is 40.5 Å². The summed E-state index contributed by atoms with van der Waals surface area (Å²) in [4.78, 5) is 17.8. The number of hydrogen-bond acceptors (Lipinski definition) is 3. The number of nitrogens with zero attached hydrogens (tertiary/aromatic N) is 3. The van der Waals surface area contributed by atoms with Gasteiger partial charge in [-0.3, -0.25) is 9.69 Å². The van der Waals surface area contributed by atoms with Gasteiger partial charge in [0.15, 0.2) is 0 Å². The lowest BCUT2D eigenvalue weighted by Gasteiger charge is -2.32. The molecule has 0 radical (unpaired) electrons. The Morgan fingerprint density at radius 2 is 1.79 bits per heavy atom. The van der Waals surface area contributed by atoms with E-state index in [1.807, 2.05) is 49.1 Å².